The summed E-state index contributed by atoms with van der Waals surface area (Å²) in [7, 11) is 0. The number of aryl methyl sites for hydroxylation is 3. The van der Waals surface area contributed by atoms with Crippen LogP contribution in [0.4, 0.5) is 0 Å². The Kier molecular flexibility index (Phi) is 5.07. The summed E-state index contributed by atoms with van der Waals surface area (Å²) in [6, 6.07) is 8.07. The molecule has 1 aromatic carbocycles. The highest BCUT2D eigenvalue weighted by Gasteiger charge is 2.13. The van der Waals surface area contributed by atoms with Crippen LogP contribution in [0.1, 0.15) is 23.6 Å². The molecule has 0 aliphatic rings. The lowest BCUT2D eigenvalue weighted by Crippen LogP contribution is -2.10. The summed E-state index contributed by atoms with van der Waals surface area (Å²) >= 11 is 1.33. The fraction of sp³-hybridized carbons (Fsp3) is 0.278. The first-order chi connectivity index (χ1) is 10.8. The van der Waals surface area contributed by atoms with Gasteiger partial charge in [0.15, 0.2) is 5.78 Å². The van der Waals surface area contributed by atoms with E-state index in [-0.39, 0.29) is 22.8 Å². The van der Waals surface area contributed by atoms with Crippen molar-refractivity contribution in [3.05, 3.63) is 46.2 Å². The molecule has 2 N–H and O–H groups in total. The van der Waals surface area contributed by atoms with Crippen LogP contribution < -0.4 is 5.73 Å². The van der Waals surface area contributed by atoms with E-state index < -0.39 is 0 Å². The molecule has 0 aliphatic carbocycles. The minimum Gasteiger partial charge on any atom is -0.401 e. The topological polar surface area (TPSA) is 79.8 Å². The number of pyridine rings is 1. The average Bonchev–Trinajstić information content (AvgIpc) is 2.46. The van der Waals surface area contributed by atoms with Crippen LogP contribution in [0.5, 0.6) is 0 Å². The zero-order valence-electron chi connectivity index (χ0n) is 13.7. The van der Waals surface area contributed by atoms with Gasteiger partial charge in [-0.25, -0.2) is 4.98 Å². The normalized spacial score (nSPS) is 12.0. The Bertz CT molecular complexity index is 859. The van der Waals surface area contributed by atoms with Gasteiger partial charge in [0, 0.05) is 11.1 Å². The van der Waals surface area contributed by atoms with Gasteiger partial charge in [0.25, 0.3) is 0 Å². The van der Waals surface area contributed by atoms with E-state index in [0.717, 1.165) is 27.1 Å². The van der Waals surface area contributed by atoms with E-state index in [2.05, 4.69) is 24.0 Å². The molecular formula is C18H19N3OS. The van der Waals surface area contributed by atoms with Crippen molar-refractivity contribution in [2.45, 2.75) is 32.7 Å². The van der Waals surface area contributed by atoms with Crippen molar-refractivity contribution in [3.8, 4) is 6.07 Å². The third kappa shape index (κ3) is 3.72. The van der Waals surface area contributed by atoms with Gasteiger partial charge in [-0.15, -0.1) is 0 Å². The number of carbonyl (C=O) groups excluding carboxylic acids is 1. The average molecular weight is 325 g/mol. The number of ketones is 1. The number of benzene rings is 1. The molecule has 118 valence electrons. The molecule has 2 rings (SSSR count). The molecule has 0 saturated heterocycles. The number of hydrogen-bond donors (Lipinski definition) is 1. The van der Waals surface area contributed by atoms with Crippen LogP contribution >= 0.6 is 11.8 Å². The van der Waals surface area contributed by atoms with Crippen molar-refractivity contribution < 1.29 is 4.79 Å². The Balaban J connectivity index is 2.31. The van der Waals surface area contributed by atoms with E-state index in [1.165, 1.54) is 17.3 Å². The fourth-order valence-electron chi connectivity index (χ4n) is 2.47. The third-order valence-electron chi connectivity index (χ3n) is 3.57. The number of nitrogens with two attached hydrogens (primary N) is 1. The molecule has 0 atom stereocenters. The number of allylic oxidation sites excluding steroid dienone is 2. The van der Waals surface area contributed by atoms with E-state index in [4.69, 9.17) is 11.0 Å². The Morgan fingerprint density at radius 2 is 1.96 bits per heavy atom. The number of fused-ring (bicyclic) bond motifs is 1. The molecule has 0 amide bonds. The lowest BCUT2D eigenvalue weighted by Gasteiger charge is -2.09. The number of hydrogen-bond acceptors (Lipinski definition) is 5. The van der Waals surface area contributed by atoms with Gasteiger partial charge in [0.2, 0.25) is 0 Å². The molecule has 0 saturated carbocycles. The van der Waals surface area contributed by atoms with Gasteiger partial charge in [0.05, 0.1) is 16.3 Å². The highest BCUT2D eigenvalue weighted by Crippen LogP contribution is 2.27. The first-order valence-corrected chi connectivity index (χ1v) is 8.23. The first-order valence-electron chi connectivity index (χ1n) is 7.24. The number of rotatable bonds is 4. The van der Waals surface area contributed by atoms with Crippen molar-refractivity contribution in [3.63, 3.8) is 0 Å². The monoisotopic (exact) mass is 325 g/mol. The number of nitrogens with zero attached hydrogens (tertiary/aromatic N) is 2. The second kappa shape index (κ2) is 6.84. The first kappa shape index (κ1) is 17.0. The minimum atomic E-state index is -0.266. The van der Waals surface area contributed by atoms with Crippen molar-refractivity contribution >= 4 is 28.4 Å². The van der Waals surface area contributed by atoms with E-state index in [1.54, 1.807) is 6.92 Å². The van der Waals surface area contributed by atoms with Crippen LogP contribution in [-0.2, 0) is 4.79 Å². The molecule has 4 nitrogen and oxygen atoms in total. The van der Waals surface area contributed by atoms with Gasteiger partial charge < -0.3 is 5.73 Å². The molecule has 0 aliphatic heterocycles. The van der Waals surface area contributed by atoms with Gasteiger partial charge in [-0.05, 0) is 51.0 Å². The summed E-state index contributed by atoms with van der Waals surface area (Å²) < 4.78 is 0. The Morgan fingerprint density at radius 1 is 1.26 bits per heavy atom. The second-order valence-corrected chi connectivity index (χ2v) is 6.63. The standard InChI is InChI=1S/C18H19N3OS/c1-10-5-12(3)18-14(6-10)11(2)7-17(21-18)23-9-16(22)15(8-19)13(4)20/h5-7H,9,20H2,1-4H3/b15-13+. The van der Waals surface area contributed by atoms with Crippen LogP contribution in [0, 0.1) is 32.1 Å². The van der Waals surface area contributed by atoms with Crippen molar-refractivity contribution in [1.29, 1.82) is 5.26 Å². The molecule has 0 radical (unpaired) electrons. The number of nitriles is 1. The van der Waals surface area contributed by atoms with E-state index in [1.807, 2.05) is 26.0 Å². The summed E-state index contributed by atoms with van der Waals surface area (Å²) in [5.74, 6) is -0.113. The van der Waals surface area contributed by atoms with E-state index in [9.17, 15) is 4.79 Å². The van der Waals surface area contributed by atoms with Gasteiger partial charge >= 0.3 is 0 Å². The van der Waals surface area contributed by atoms with Crippen LogP contribution in [-0.4, -0.2) is 16.5 Å². The maximum absolute atomic E-state index is 12.0. The van der Waals surface area contributed by atoms with Crippen LogP contribution in [0.25, 0.3) is 10.9 Å². The summed E-state index contributed by atoms with van der Waals surface area (Å²) in [5, 5.41) is 10.9. The van der Waals surface area contributed by atoms with Crippen molar-refractivity contribution in [2.24, 2.45) is 5.73 Å². The molecule has 0 bridgehead atoms. The molecular weight excluding hydrogens is 306 g/mol. The van der Waals surface area contributed by atoms with Crippen LogP contribution in [0.15, 0.2) is 34.5 Å². The Hall–Kier alpha value is -2.32. The van der Waals surface area contributed by atoms with Gasteiger partial charge in [-0.1, -0.05) is 23.4 Å². The zero-order valence-corrected chi connectivity index (χ0v) is 14.5. The number of aromatic nitrogens is 1. The van der Waals surface area contributed by atoms with Crippen molar-refractivity contribution in [1.82, 2.24) is 4.98 Å². The number of Topliss-reactive ketones (excluding diaryl/α,β-unsaturated/α-hetero) is 1. The van der Waals surface area contributed by atoms with Crippen LogP contribution in [0.2, 0.25) is 0 Å². The lowest BCUT2D eigenvalue weighted by molar-refractivity contribution is -0.112. The second-order valence-electron chi connectivity index (χ2n) is 5.64. The summed E-state index contributed by atoms with van der Waals surface area (Å²) in [6.45, 7) is 7.71. The maximum atomic E-state index is 12.0. The Labute approximate surface area is 140 Å². The summed E-state index contributed by atoms with van der Waals surface area (Å²) in [5.41, 5.74) is 10.3. The molecule has 1 aromatic heterocycles. The molecule has 23 heavy (non-hydrogen) atoms. The van der Waals surface area contributed by atoms with E-state index >= 15 is 0 Å². The lowest BCUT2D eigenvalue weighted by atomic mass is 10.0. The van der Waals surface area contributed by atoms with Crippen molar-refractivity contribution in [2.75, 3.05) is 5.75 Å². The minimum absolute atomic E-state index is 0.0295. The summed E-state index contributed by atoms with van der Waals surface area (Å²) in [4.78, 5) is 16.7. The number of thioether (sulfide) groups is 1. The molecule has 1 heterocycles. The highest BCUT2D eigenvalue weighted by atomic mass is 32.2. The maximum Gasteiger partial charge on any atom is 0.185 e. The molecule has 0 spiro atoms. The fourth-order valence-corrected chi connectivity index (χ4v) is 3.31. The van der Waals surface area contributed by atoms with E-state index in [0.29, 0.717) is 0 Å². The van der Waals surface area contributed by atoms with Gasteiger partial charge in [-0.3, -0.25) is 4.79 Å². The largest absolute Gasteiger partial charge is 0.401 e. The molecule has 2 aromatic rings. The quantitative estimate of drug-likeness (QED) is 0.528. The predicted octanol–water partition coefficient (Wildman–Crippen LogP) is 3.58. The third-order valence-corrected chi connectivity index (χ3v) is 4.48. The number of carbonyl (C=O) groups is 1. The smallest absolute Gasteiger partial charge is 0.185 e. The highest BCUT2D eigenvalue weighted by molar-refractivity contribution is 7.99. The SMILES string of the molecule is C/C(N)=C(/C#N)C(=O)CSc1cc(C)c2cc(C)cc(C)c2n1. The molecule has 0 unspecified atom stereocenters. The predicted molar refractivity (Wildman–Crippen MR) is 94.2 cm³/mol. The Morgan fingerprint density at radius 3 is 2.57 bits per heavy atom. The van der Waals surface area contributed by atoms with Gasteiger partial charge in [0.1, 0.15) is 11.6 Å². The summed E-state index contributed by atoms with van der Waals surface area (Å²) in [6.07, 6.45) is 0. The molecule has 5 heteroatoms. The van der Waals surface area contributed by atoms with Crippen LogP contribution in [0.3, 0.4) is 0 Å². The molecule has 0 fully saturated rings. The van der Waals surface area contributed by atoms with Gasteiger partial charge in [-0.2, -0.15) is 5.26 Å². The zero-order chi connectivity index (χ0) is 17.1.